The number of nitrogens with zero attached hydrogens (tertiary/aromatic N) is 1. The summed E-state index contributed by atoms with van der Waals surface area (Å²) >= 11 is 0. The van der Waals surface area contributed by atoms with Gasteiger partial charge in [-0.25, -0.2) is 9.59 Å². The number of amides is 2. The lowest BCUT2D eigenvalue weighted by Gasteiger charge is -2.30. The molecule has 1 atom stereocenters. The van der Waals surface area contributed by atoms with Gasteiger partial charge in [-0.1, -0.05) is 24.3 Å². The van der Waals surface area contributed by atoms with Gasteiger partial charge >= 0.3 is 12.0 Å². The Labute approximate surface area is 112 Å². The van der Waals surface area contributed by atoms with Gasteiger partial charge in [-0.3, -0.25) is 0 Å². The van der Waals surface area contributed by atoms with Crippen molar-refractivity contribution in [2.24, 2.45) is 0 Å². The molecule has 0 aromatic heterocycles. The molecular weight excluding hydrogens is 244 g/mol. The van der Waals surface area contributed by atoms with Crippen molar-refractivity contribution in [1.82, 2.24) is 10.2 Å². The van der Waals surface area contributed by atoms with Crippen molar-refractivity contribution in [1.29, 1.82) is 0 Å². The monoisotopic (exact) mass is 262 g/mol. The van der Waals surface area contributed by atoms with E-state index < -0.39 is 11.5 Å². The Morgan fingerprint density at radius 3 is 2.63 bits per heavy atom. The van der Waals surface area contributed by atoms with E-state index >= 15 is 0 Å². The average molecular weight is 262 g/mol. The number of carbonyl (C=O) groups excluding carboxylic acids is 1. The first-order chi connectivity index (χ1) is 8.84. The smallest absolute Gasteiger partial charge is 0.329 e. The predicted octanol–water partition coefficient (Wildman–Crippen LogP) is 1.92. The van der Waals surface area contributed by atoms with Gasteiger partial charge in [0.15, 0.2) is 0 Å². The summed E-state index contributed by atoms with van der Waals surface area (Å²) in [5.74, 6) is -1.01. The van der Waals surface area contributed by atoms with Gasteiger partial charge in [0.2, 0.25) is 0 Å². The lowest BCUT2D eigenvalue weighted by atomic mass is 10.00. The van der Waals surface area contributed by atoms with Crippen LogP contribution in [0, 0.1) is 6.92 Å². The number of carboxylic acids is 1. The average Bonchev–Trinajstić information content (AvgIpc) is 2.72. The van der Waals surface area contributed by atoms with Gasteiger partial charge in [0.1, 0.15) is 5.54 Å². The van der Waals surface area contributed by atoms with Crippen molar-refractivity contribution in [3.63, 3.8) is 0 Å². The van der Waals surface area contributed by atoms with E-state index in [0.717, 1.165) is 11.1 Å². The van der Waals surface area contributed by atoms with Gasteiger partial charge in [-0.05, 0) is 31.9 Å². The molecule has 5 heteroatoms. The summed E-state index contributed by atoms with van der Waals surface area (Å²) in [6.45, 7) is 5.42. The molecule has 0 spiro atoms. The van der Waals surface area contributed by atoms with E-state index in [1.165, 1.54) is 18.7 Å². The maximum absolute atomic E-state index is 12.0. The third kappa shape index (κ3) is 2.28. The summed E-state index contributed by atoms with van der Waals surface area (Å²) in [5, 5.41) is 12.1. The highest BCUT2D eigenvalue weighted by atomic mass is 16.4. The van der Waals surface area contributed by atoms with Crippen LogP contribution in [-0.4, -0.2) is 34.1 Å². The topological polar surface area (TPSA) is 69.6 Å². The van der Waals surface area contributed by atoms with Gasteiger partial charge in [0.05, 0.1) is 6.04 Å². The minimum Gasteiger partial charge on any atom is -0.480 e. The fourth-order valence-corrected chi connectivity index (χ4v) is 2.29. The lowest BCUT2D eigenvalue weighted by molar-refractivity contribution is -0.147. The molecule has 19 heavy (non-hydrogen) atoms. The summed E-state index contributed by atoms with van der Waals surface area (Å²) in [7, 11) is 0. The predicted molar refractivity (Wildman–Crippen MR) is 70.9 cm³/mol. The Morgan fingerprint density at radius 1 is 1.42 bits per heavy atom. The number of hydrogen-bond acceptors (Lipinski definition) is 2. The van der Waals surface area contributed by atoms with Crippen LogP contribution in [0.5, 0.6) is 0 Å². The molecule has 1 aliphatic heterocycles. The Morgan fingerprint density at radius 2 is 2.05 bits per heavy atom. The Kier molecular flexibility index (Phi) is 3.22. The van der Waals surface area contributed by atoms with Gasteiger partial charge in [-0.2, -0.15) is 0 Å². The summed E-state index contributed by atoms with van der Waals surface area (Å²) in [4.78, 5) is 24.6. The first kappa shape index (κ1) is 13.4. The minimum atomic E-state index is -1.21. The van der Waals surface area contributed by atoms with Crippen LogP contribution in [0.2, 0.25) is 0 Å². The van der Waals surface area contributed by atoms with Gasteiger partial charge in [0.25, 0.3) is 0 Å². The molecule has 2 N–H and O–H groups in total. The molecule has 1 aliphatic rings. The first-order valence-electron chi connectivity index (χ1n) is 6.21. The van der Waals surface area contributed by atoms with E-state index in [9.17, 15) is 14.7 Å². The SMILES string of the molecule is Cc1ccccc1C1CN(C(C)(C)C(=O)O)C(=O)N1. The van der Waals surface area contributed by atoms with Crippen LogP contribution in [0.15, 0.2) is 24.3 Å². The molecule has 2 rings (SSSR count). The molecule has 1 heterocycles. The summed E-state index contributed by atoms with van der Waals surface area (Å²) in [6, 6.07) is 7.30. The van der Waals surface area contributed by atoms with Crippen LogP contribution in [0.3, 0.4) is 0 Å². The fourth-order valence-electron chi connectivity index (χ4n) is 2.29. The summed E-state index contributed by atoms with van der Waals surface area (Å²) in [6.07, 6.45) is 0. The second-order valence-corrected chi connectivity index (χ2v) is 5.33. The molecular formula is C14H18N2O3. The number of benzene rings is 1. The van der Waals surface area contributed by atoms with Crippen molar-refractivity contribution >= 4 is 12.0 Å². The molecule has 1 saturated heterocycles. The van der Waals surface area contributed by atoms with Crippen molar-refractivity contribution in [2.75, 3.05) is 6.54 Å². The highest BCUT2D eigenvalue weighted by molar-refractivity contribution is 5.87. The molecule has 1 aromatic rings. The lowest BCUT2D eigenvalue weighted by Crippen LogP contribution is -2.51. The zero-order chi connectivity index (χ0) is 14.2. The largest absolute Gasteiger partial charge is 0.480 e. The normalized spacial score (nSPS) is 19.4. The van der Waals surface area contributed by atoms with Crippen molar-refractivity contribution < 1.29 is 14.7 Å². The highest BCUT2D eigenvalue weighted by Gasteiger charge is 2.43. The maximum atomic E-state index is 12.0. The zero-order valence-corrected chi connectivity index (χ0v) is 11.3. The molecule has 0 bridgehead atoms. The number of urea groups is 1. The Bertz CT molecular complexity index is 525. The molecule has 1 unspecified atom stereocenters. The first-order valence-corrected chi connectivity index (χ1v) is 6.21. The summed E-state index contributed by atoms with van der Waals surface area (Å²) in [5.41, 5.74) is 0.906. The van der Waals surface area contributed by atoms with E-state index in [2.05, 4.69) is 5.32 Å². The number of carbonyl (C=O) groups is 2. The van der Waals surface area contributed by atoms with E-state index in [-0.39, 0.29) is 12.1 Å². The second-order valence-electron chi connectivity index (χ2n) is 5.33. The molecule has 0 aliphatic carbocycles. The number of rotatable bonds is 3. The van der Waals surface area contributed by atoms with E-state index in [1.807, 2.05) is 31.2 Å². The third-order valence-electron chi connectivity index (χ3n) is 3.67. The van der Waals surface area contributed by atoms with E-state index in [1.54, 1.807) is 0 Å². The molecule has 0 radical (unpaired) electrons. The van der Waals surface area contributed by atoms with Gasteiger partial charge in [-0.15, -0.1) is 0 Å². The van der Waals surface area contributed by atoms with Crippen LogP contribution in [-0.2, 0) is 4.79 Å². The third-order valence-corrected chi connectivity index (χ3v) is 3.67. The van der Waals surface area contributed by atoms with E-state index in [4.69, 9.17) is 0 Å². The molecule has 0 saturated carbocycles. The van der Waals surface area contributed by atoms with Crippen molar-refractivity contribution in [3.05, 3.63) is 35.4 Å². The quantitative estimate of drug-likeness (QED) is 0.874. The van der Waals surface area contributed by atoms with Crippen LogP contribution in [0.25, 0.3) is 0 Å². The molecule has 2 amide bonds. The molecule has 1 aromatic carbocycles. The van der Waals surface area contributed by atoms with Crippen LogP contribution < -0.4 is 5.32 Å². The van der Waals surface area contributed by atoms with Crippen molar-refractivity contribution in [2.45, 2.75) is 32.4 Å². The molecule has 102 valence electrons. The molecule has 5 nitrogen and oxygen atoms in total. The Balaban J connectivity index is 2.26. The zero-order valence-electron chi connectivity index (χ0n) is 11.3. The number of aryl methyl sites for hydroxylation is 1. The number of hydrogen-bond donors (Lipinski definition) is 2. The summed E-state index contributed by atoms with van der Waals surface area (Å²) < 4.78 is 0. The number of nitrogens with one attached hydrogen (secondary N) is 1. The highest BCUT2D eigenvalue weighted by Crippen LogP contribution is 2.28. The minimum absolute atomic E-state index is 0.160. The molecule has 1 fully saturated rings. The van der Waals surface area contributed by atoms with Crippen molar-refractivity contribution in [3.8, 4) is 0 Å². The van der Waals surface area contributed by atoms with Gasteiger partial charge in [0, 0.05) is 6.54 Å². The van der Waals surface area contributed by atoms with Gasteiger partial charge < -0.3 is 15.3 Å². The number of aliphatic carboxylic acids is 1. The van der Waals surface area contributed by atoms with E-state index in [0.29, 0.717) is 6.54 Å². The van der Waals surface area contributed by atoms with Crippen LogP contribution >= 0.6 is 0 Å². The van der Waals surface area contributed by atoms with Crippen LogP contribution in [0.1, 0.15) is 31.0 Å². The standard InChI is InChI=1S/C14H18N2O3/c1-9-6-4-5-7-10(9)11-8-16(13(19)15-11)14(2,3)12(17)18/h4-7,11H,8H2,1-3H3,(H,15,19)(H,17,18). The fraction of sp³-hybridized carbons (Fsp3) is 0.429. The second kappa shape index (κ2) is 4.57. The Hall–Kier alpha value is -2.04. The number of carboxylic acid groups (broad SMARTS) is 1. The maximum Gasteiger partial charge on any atom is 0.329 e. The van der Waals surface area contributed by atoms with Crippen LogP contribution in [0.4, 0.5) is 4.79 Å².